The van der Waals surface area contributed by atoms with E-state index in [9.17, 15) is 0 Å². The van der Waals surface area contributed by atoms with Crippen molar-refractivity contribution in [1.29, 1.82) is 0 Å². The normalized spacial score (nSPS) is 13.0. The lowest BCUT2D eigenvalue weighted by Crippen LogP contribution is -2.11. The SMILES string of the molecule is CC(C)(C)c1cccc2c1c1cccc3c4ccccc4n2c31. The molecular weight excluding hydrogens is 278 g/mol. The van der Waals surface area contributed by atoms with E-state index >= 15 is 0 Å². The number of hydrogen-bond acceptors (Lipinski definition) is 0. The third-order valence-corrected chi connectivity index (χ3v) is 5.06. The Labute approximate surface area is 135 Å². The Morgan fingerprint density at radius 3 is 2.13 bits per heavy atom. The summed E-state index contributed by atoms with van der Waals surface area (Å²) in [5, 5.41) is 5.48. The van der Waals surface area contributed by atoms with Crippen LogP contribution in [0.3, 0.4) is 0 Å². The number of para-hydroxylation sites is 2. The molecule has 0 fully saturated rings. The van der Waals surface area contributed by atoms with Crippen molar-refractivity contribution in [2.75, 3.05) is 0 Å². The second-order valence-corrected chi connectivity index (χ2v) is 7.50. The van der Waals surface area contributed by atoms with Crippen LogP contribution < -0.4 is 0 Å². The summed E-state index contributed by atoms with van der Waals surface area (Å²) in [6.45, 7) is 6.90. The number of rotatable bonds is 0. The quantitative estimate of drug-likeness (QED) is 0.323. The molecule has 2 aromatic heterocycles. The molecule has 2 heterocycles. The van der Waals surface area contributed by atoms with Crippen LogP contribution in [0.5, 0.6) is 0 Å². The van der Waals surface area contributed by atoms with Crippen LogP contribution in [0.4, 0.5) is 0 Å². The van der Waals surface area contributed by atoms with Gasteiger partial charge in [0.1, 0.15) is 0 Å². The average Bonchev–Trinajstić information content (AvgIpc) is 3.05. The molecule has 1 nitrogen and oxygen atoms in total. The molecule has 5 aromatic rings. The Morgan fingerprint density at radius 1 is 0.652 bits per heavy atom. The first kappa shape index (κ1) is 13.0. The Kier molecular flexibility index (Phi) is 2.28. The topological polar surface area (TPSA) is 4.41 Å². The molecule has 112 valence electrons. The maximum absolute atomic E-state index is 2.45. The summed E-state index contributed by atoms with van der Waals surface area (Å²) in [6.07, 6.45) is 0. The van der Waals surface area contributed by atoms with E-state index in [1.807, 2.05) is 0 Å². The van der Waals surface area contributed by atoms with Gasteiger partial charge in [-0.15, -0.1) is 0 Å². The lowest BCUT2D eigenvalue weighted by Gasteiger charge is -2.20. The predicted octanol–water partition coefficient (Wildman–Crippen LogP) is 6.13. The van der Waals surface area contributed by atoms with Crippen molar-refractivity contribution in [1.82, 2.24) is 4.40 Å². The molecule has 0 saturated carbocycles. The van der Waals surface area contributed by atoms with Gasteiger partial charge in [-0.05, 0) is 23.1 Å². The fraction of sp³-hybridized carbons (Fsp3) is 0.182. The first-order chi connectivity index (χ1) is 11.1. The van der Waals surface area contributed by atoms with E-state index in [4.69, 9.17) is 0 Å². The average molecular weight is 297 g/mol. The number of fused-ring (bicyclic) bond motifs is 6. The summed E-state index contributed by atoms with van der Waals surface area (Å²) >= 11 is 0. The van der Waals surface area contributed by atoms with E-state index in [2.05, 4.69) is 85.8 Å². The van der Waals surface area contributed by atoms with E-state index in [1.54, 1.807) is 0 Å². The smallest absolute Gasteiger partial charge is 0.0620 e. The van der Waals surface area contributed by atoms with Crippen LogP contribution in [0.1, 0.15) is 26.3 Å². The molecule has 0 radical (unpaired) electrons. The van der Waals surface area contributed by atoms with Gasteiger partial charge < -0.3 is 4.40 Å². The molecule has 23 heavy (non-hydrogen) atoms. The van der Waals surface area contributed by atoms with Crippen LogP contribution in [0.2, 0.25) is 0 Å². The van der Waals surface area contributed by atoms with E-state index < -0.39 is 0 Å². The van der Waals surface area contributed by atoms with Crippen molar-refractivity contribution in [3.63, 3.8) is 0 Å². The maximum Gasteiger partial charge on any atom is 0.0620 e. The molecule has 0 aliphatic carbocycles. The van der Waals surface area contributed by atoms with Crippen LogP contribution in [-0.4, -0.2) is 4.40 Å². The third-order valence-electron chi connectivity index (χ3n) is 5.06. The summed E-state index contributed by atoms with van der Waals surface area (Å²) in [7, 11) is 0. The van der Waals surface area contributed by atoms with Gasteiger partial charge in [0, 0.05) is 21.5 Å². The highest BCUT2D eigenvalue weighted by atomic mass is 14.9. The van der Waals surface area contributed by atoms with Crippen molar-refractivity contribution < 1.29 is 0 Å². The van der Waals surface area contributed by atoms with Gasteiger partial charge in [0.05, 0.1) is 16.6 Å². The Morgan fingerprint density at radius 2 is 1.30 bits per heavy atom. The Bertz CT molecular complexity index is 1190. The molecule has 3 aromatic carbocycles. The second kappa shape index (κ2) is 4.05. The zero-order valence-corrected chi connectivity index (χ0v) is 13.7. The van der Waals surface area contributed by atoms with E-state index in [0.29, 0.717) is 0 Å². The molecular formula is C22H19N. The fourth-order valence-electron chi connectivity index (χ4n) is 4.11. The molecule has 0 amide bonds. The molecule has 0 bridgehead atoms. The minimum Gasteiger partial charge on any atom is -0.308 e. The van der Waals surface area contributed by atoms with Crippen LogP contribution in [0, 0.1) is 0 Å². The van der Waals surface area contributed by atoms with Gasteiger partial charge in [-0.1, -0.05) is 69.3 Å². The molecule has 0 saturated heterocycles. The van der Waals surface area contributed by atoms with Crippen molar-refractivity contribution >= 4 is 38.1 Å². The molecule has 0 aliphatic heterocycles. The van der Waals surface area contributed by atoms with Crippen molar-refractivity contribution in [3.8, 4) is 0 Å². The van der Waals surface area contributed by atoms with Crippen LogP contribution >= 0.6 is 0 Å². The second-order valence-electron chi connectivity index (χ2n) is 7.50. The Balaban J connectivity index is 2.18. The highest BCUT2D eigenvalue weighted by Gasteiger charge is 2.23. The summed E-state index contributed by atoms with van der Waals surface area (Å²) in [5.74, 6) is 0. The minimum absolute atomic E-state index is 0.132. The number of aromatic nitrogens is 1. The summed E-state index contributed by atoms with van der Waals surface area (Å²) in [5.41, 5.74) is 5.55. The summed E-state index contributed by atoms with van der Waals surface area (Å²) < 4.78 is 2.45. The molecule has 5 rings (SSSR count). The zero-order valence-electron chi connectivity index (χ0n) is 13.7. The monoisotopic (exact) mass is 297 g/mol. The molecule has 0 atom stereocenters. The lowest BCUT2D eigenvalue weighted by molar-refractivity contribution is 0.596. The lowest BCUT2D eigenvalue weighted by atomic mass is 9.84. The zero-order chi connectivity index (χ0) is 15.8. The predicted molar refractivity (Wildman–Crippen MR) is 99.8 cm³/mol. The highest BCUT2D eigenvalue weighted by molar-refractivity contribution is 6.23. The van der Waals surface area contributed by atoms with Gasteiger partial charge >= 0.3 is 0 Å². The van der Waals surface area contributed by atoms with Gasteiger partial charge in [-0.3, -0.25) is 0 Å². The molecule has 0 unspecified atom stereocenters. The largest absolute Gasteiger partial charge is 0.308 e. The van der Waals surface area contributed by atoms with Gasteiger partial charge in [0.15, 0.2) is 0 Å². The fourth-order valence-corrected chi connectivity index (χ4v) is 4.11. The van der Waals surface area contributed by atoms with E-state index in [1.165, 1.54) is 43.7 Å². The van der Waals surface area contributed by atoms with Gasteiger partial charge in [-0.2, -0.15) is 0 Å². The van der Waals surface area contributed by atoms with E-state index in [0.717, 1.165) is 0 Å². The standard InChI is InChI=1S/C22H19N/c1-22(2,3)17-11-7-13-19-20(17)16-10-6-9-15-14-8-4-5-12-18(14)23(19)21(15)16/h4-13H,1-3H3. The Hall–Kier alpha value is -2.54. The van der Waals surface area contributed by atoms with Crippen LogP contribution in [0.15, 0.2) is 60.7 Å². The molecule has 0 aliphatic rings. The van der Waals surface area contributed by atoms with Crippen LogP contribution in [0.25, 0.3) is 38.1 Å². The minimum atomic E-state index is 0.132. The maximum atomic E-state index is 2.45. The van der Waals surface area contributed by atoms with Crippen molar-refractivity contribution in [2.45, 2.75) is 26.2 Å². The molecule has 0 spiro atoms. The summed E-state index contributed by atoms with van der Waals surface area (Å²) in [6, 6.07) is 22.2. The van der Waals surface area contributed by atoms with Gasteiger partial charge in [-0.25, -0.2) is 0 Å². The number of hydrogen-bond donors (Lipinski definition) is 0. The number of nitrogens with zero attached hydrogens (tertiary/aromatic N) is 1. The number of benzene rings is 3. The van der Waals surface area contributed by atoms with Gasteiger partial charge in [0.25, 0.3) is 0 Å². The van der Waals surface area contributed by atoms with E-state index in [-0.39, 0.29) is 5.41 Å². The van der Waals surface area contributed by atoms with Crippen molar-refractivity contribution in [2.24, 2.45) is 0 Å². The van der Waals surface area contributed by atoms with Crippen LogP contribution in [-0.2, 0) is 5.41 Å². The molecule has 1 heteroatoms. The highest BCUT2D eigenvalue weighted by Crippen LogP contribution is 2.42. The third kappa shape index (κ3) is 1.52. The first-order valence-corrected chi connectivity index (χ1v) is 8.24. The molecule has 0 N–H and O–H groups in total. The van der Waals surface area contributed by atoms with Gasteiger partial charge in [0.2, 0.25) is 0 Å². The summed E-state index contributed by atoms with van der Waals surface area (Å²) in [4.78, 5) is 0. The van der Waals surface area contributed by atoms with Crippen molar-refractivity contribution in [3.05, 3.63) is 66.2 Å². The first-order valence-electron chi connectivity index (χ1n) is 8.24.